The lowest BCUT2D eigenvalue weighted by atomic mass is 9.91. The predicted molar refractivity (Wildman–Crippen MR) is 140 cm³/mol. The van der Waals surface area contributed by atoms with Crippen molar-refractivity contribution in [2.45, 2.75) is 48.8 Å². The topological polar surface area (TPSA) is 3.88 Å². The largest absolute Gasteiger partial charge is 0.222 e. The van der Waals surface area contributed by atoms with Crippen LogP contribution in [0, 0.1) is 12.8 Å². The Bertz CT molecular complexity index is 1590. The number of benzene rings is 4. The Morgan fingerprint density at radius 2 is 1.64 bits per heavy atom. The van der Waals surface area contributed by atoms with E-state index in [9.17, 15) is 0 Å². The number of rotatable bonds is 2. The average molecular weight is 447 g/mol. The van der Waals surface area contributed by atoms with Crippen LogP contribution in [-0.2, 0) is 13.5 Å². The summed E-state index contributed by atoms with van der Waals surface area (Å²) in [6, 6.07) is 23.2. The monoisotopic (exact) mass is 446 g/mol. The smallest absolute Gasteiger partial charge is 0.200 e. The van der Waals surface area contributed by atoms with Gasteiger partial charge in [-0.15, -0.1) is 0 Å². The third kappa shape index (κ3) is 2.97. The van der Waals surface area contributed by atoms with Gasteiger partial charge in [0.15, 0.2) is 6.20 Å². The van der Waals surface area contributed by atoms with Crippen LogP contribution in [0.25, 0.3) is 43.6 Å². The molecule has 4 aromatic carbocycles. The second kappa shape index (κ2) is 7.33. The first-order valence-corrected chi connectivity index (χ1v) is 13.1. The molecule has 0 atom stereocenters. The molecule has 1 aliphatic heterocycles. The SMILES string of the molecule is Cc1c2c(cc3ccccc13)Sc1cc3ccc(CC4CCCC4)cc3c3cc[n+](C)c-2c13. The van der Waals surface area contributed by atoms with Gasteiger partial charge in [-0.2, -0.15) is 0 Å². The first-order valence-electron chi connectivity index (χ1n) is 12.3. The van der Waals surface area contributed by atoms with Crippen LogP contribution in [-0.4, -0.2) is 0 Å². The highest BCUT2D eigenvalue weighted by atomic mass is 32.2. The molecule has 0 N–H and O–H groups in total. The summed E-state index contributed by atoms with van der Waals surface area (Å²) in [6.45, 7) is 2.30. The lowest BCUT2D eigenvalue weighted by molar-refractivity contribution is -0.659. The summed E-state index contributed by atoms with van der Waals surface area (Å²) in [5.41, 5.74) is 5.66. The van der Waals surface area contributed by atoms with Crippen molar-refractivity contribution in [1.29, 1.82) is 0 Å². The first kappa shape index (κ1) is 19.6. The zero-order chi connectivity index (χ0) is 22.1. The quantitative estimate of drug-likeness (QED) is 0.192. The summed E-state index contributed by atoms with van der Waals surface area (Å²) in [4.78, 5) is 2.76. The standard InChI is InChI=1S/C31H28NS/c1-19-24-10-6-5-9-22(24)17-27-29(19)31-30-25(13-14-32(31)2)26-16-21(15-20-7-3-4-8-20)11-12-23(26)18-28(30)33-27/h5-6,9-14,16-18,20H,3-4,7-8,15H2,1-2H3/q+1. The molecule has 0 radical (unpaired) electrons. The molecule has 1 aromatic heterocycles. The fraction of sp³-hybridized carbons (Fsp3) is 0.258. The molecule has 0 amide bonds. The maximum absolute atomic E-state index is 2.49. The number of pyridine rings is 1. The van der Waals surface area contributed by atoms with Gasteiger partial charge in [-0.3, -0.25) is 0 Å². The summed E-state index contributed by atoms with van der Waals surface area (Å²) in [5, 5.41) is 8.28. The van der Waals surface area contributed by atoms with Crippen molar-refractivity contribution in [3.8, 4) is 11.3 Å². The van der Waals surface area contributed by atoms with Gasteiger partial charge in [-0.05, 0) is 64.1 Å². The van der Waals surface area contributed by atoms with Crippen LogP contribution in [0.1, 0.15) is 36.8 Å². The molecule has 0 bridgehead atoms. The number of nitrogens with zero attached hydrogens (tertiary/aromatic N) is 1. The van der Waals surface area contributed by atoms with Crippen LogP contribution in [0.5, 0.6) is 0 Å². The summed E-state index contributed by atoms with van der Waals surface area (Å²) in [7, 11) is 2.20. The molecule has 2 heterocycles. The van der Waals surface area contributed by atoms with E-state index in [0.717, 1.165) is 5.92 Å². The van der Waals surface area contributed by atoms with Crippen LogP contribution >= 0.6 is 11.8 Å². The van der Waals surface area contributed by atoms with Gasteiger partial charge in [0.2, 0.25) is 5.69 Å². The zero-order valence-electron chi connectivity index (χ0n) is 19.3. The predicted octanol–water partition coefficient (Wildman–Crippen LogP) is 8.14. The molecule has 1 saturated carbocycles. The number of aryl methyl sites for hydroxylation is 2. The highest BCUT2D eigenvalue weighted by molar-refractivity contribution is 7.99. The van der Waals surface area contributed by atoms with Crippen LogP contribution < -0.4 is 4.57 Å². The number of fused-ring (bicyclic) bond motifs is 5. The van der Waals surface area contributed by atoms with Gasteiger partial charge < -0.3 is 0 Å². The van der Waals surface area contributed by atoms with Crippen molar-refractivity contribution in [1.82, 2.24) is 0 Å². The van der Waals surface area contributed by atoms with Crippen molar-refractivity contribution in [2.75, 3.05) is 0 Å². The Balaban J connectivity index is 1.51. The molecule has 2 heteroatoms. The lowest BCUT2D eigenvalue weighted by Crippen LogP contribution is -2.31. The highest BCUT2D eigenvalue weighted by Crippen LogP contribution is 2.50. The molecule has 0 unspecified atom stereocenters. The Morgan fingerprint density at radius 1 is 0.848 bits per heavy atom. The van der Waals surface area contributed by atoms with Crippen LogP contribution in [0.15, 0.2) is 76.7 Å². The molecule has 162 valence electrons. The maximum Gasteiger partial charge on any atom is 0.222 e. The van der Waals surface area contributed by atoms with Crippen molar-refractivity contribution < 1.29 is 4.57 Å². The van der Waals surface area contributed by atoms with E-state index in [1.807, 2.05) is 11.8 Å². The Kier molecular flexibility index (Phi) is 4.36. The summed E-state index contributed by atoms with van der Waals surface area (Å²) < 4.78 is 2.33. The van der Waals surface area contributed by atoms with Gasteiger partial charge in [0.05, 0.1) is 10.9 Å². The van der Waals surface area contributed by atoms with Gasteiger partial charge >= 0.3 is 0 Å². The third-order valence-electron chi connectivity index (χ3n) is 7.99. The minimum Gasteiger partial charge on any atom is -0.200 e. The Morgan fingerprint density at radius 3 is 2.52 bits per heavy atom. The fourth-order valence-corrected chi connectivity index (χ4v) is 7.61. The highest BCUT2D eigenvalue weighted by Gasteiger charge is 2.30. The minimum absolute atomic E-state index is 0.874. The molecular weight excluding hydrogens is 418 g/mol. The van der Waals surface area contributed by atoms with E-state index in [0.29, 0.717) is 0 Å². The van der Waals surface area contributed by atoms with Gasteiger partial charge in [0.1, 0.15) is 7.05 Å². The molecule has 1 nitrogen and oxygen atoms in total. The van der Waals surface area contributed by atoms with Crippen molar-refractivity contribution >= 4 is 44.1 Å². The Hall–Kier alpha value is -2.84. The molecule has 1 fully saturated rings. The summed E-state index contributed by atoms with van der Waals surface area (Å²) in [5.74, 6) is 0.874. The molecule has 33 heavy (non-hydrogen) atoms. The average Bonchev–Trinajstić information content (AvgIpc) is 3.34. The van der Waals surface area contributed by atoms with Gasteiger partial charge in [-0.25, -0.2) is 4.57 Å². The molecule has 0 spiro atoms. The van der Waals surface area contributed by atoms with Gasteiger partial charge in [0, 0.05) is 21.2 Å². The van der Waals surface area contributed by atoms with Crippen molar-refractivity contribution in [2.24, 2.45) is 13.0 Å². The van der Waals surface area contributed by atoms with Crippen LogP contribution in [0.2, 0.25) is 0 Å². The first-order chi connectivity index (χ1) is 16.2. The van der Waals surface area contributed by atoms with Gasteiger partial charge in [-0.1, -0.05) is 79.9 Å². The third-order valence-corrected chi connectivity index (χ3v) is 9.08. The van der Waals surface area contributed by atoms with Crippen molar-refractivity contribution in [3.05, 3.63) is 78.0 Å². The molecule has 2 aliphatic rings. The van der Waals surface area contributed by atoms with E-state index >= 15 is 0 Å². The summed E-state index contributed by atoms with van der Waals surface area (Å²) in [6.07, 6.45) is 9.12. The number of hydrogen-bond donors (Lipinski definition) is 0. The van der Waals surface area contributed by atoms with E-state index in [-0.39, 0.29) is 0 Å². The molecule has 0 saturated heterocycles. The van der Waals surface area contributed by atoms with E-state index in [1.165, 1.54) is 96.6 Å². The normalized spacial score (nSPS) is 15.6. The van der Waals surface area contributed by atoms with E-state index in [4.69, 9.17) is 0 Å². The molecule has 7 rings (SSSR count). The maximum atomic E-state index is 2.49. The van der Waals surface area contributed by atoms with Crippen LogP contribution in [0.4, 0.5) is 0 Å². The zero-order valence-corrected chi connectivity index (χ0v) is 20.1. The van der Waals surface area contributed by atoms with Crippen molar-refractivity contribution in [3.63, 3.8) is 0 Å². The summed E-state index contributed by atoms with van der Waals surface area (Å²) >= 11 is 1.94. The second-order valence-electron chi connectivity index (χ2n) is 10.0. The number of aromatic nitrogens is 1. The molecule has 1 aliphatic carbocycles. The van der Waals surface area contributed by atoms with E-state index in [2.05, 4.69) is 85.4 Å². The molecular formula is C31H28NS+. The van der Waals surface area contributed by atoms with Gasteiger partial charge in [0.25, 0.3) is 0 Å². The molecule has 5 aromatic rings. The van der Waals surface area contributed by atoms with Crippen LogP contribution in [0.3, 0.4) is 0 Å². The van der Waals surface area contributed by atoms with E-state index < -0.39 is 0 Å². The minimum atomic E-state index is 0.874. The lowest BCUT2D eigenvalue weighted by Gasteiger charge is -2.22. The van der Waals surface area contributed by atoms with E-state index in [1.54, 1.807) is 0 Å². The Labute approximate surface area is 199 Å². The fourth-order valence-electron chi connectivity index (χ4n) is 6.35. The second-order valence-corrected chi connectivity index (χ2v) is 11.1. The number of hydrogen-bond acceptors (Lipinski definition) is 1.